The summed E-state index contributed by atoms with van der Waals surface area (Å²) in [5, 5.41) is 8.65. The molecule has 1 aliphatic carbocycles. The monoisotopic (exact) mass is 138 g/mol. The molecule has 0 saturated carbocycles. The Labute approximate surface area is 62.1 Å². The lowest BCUT2D eigenvalue weighted by molar-refractivity contribution is 0.270. The molecule has 1 atom stereocenters. The SMILES string of the molecule is OCCC1C=CCC=CC1. The molecule has 1 N–H and O–H groups in total. The highest BCUT2D eigenvalue weighted by molar-refractivity contribution is 5.02. The average Bonchev–Trinajstić information content (AvgIpc) is 2.17. The Morgan fingerprint density at radius 2 is 2.20 bits per heavy atom. The zero-order valence-electron chi connectivity index (χ0n) is 6.16. The molecule has 0 aromatic carbocycles. The molecular formula is C9H14O. The second-order valence-electron chi connectivity index (χ2n) is 2.64. The number of hydrogen-bond acceptors (Lipinski definition) is 1. The van der Waals surface area contributed by atoms with Crippen molar-refractivity contribution < 1.29 is 5.11 Å². The van der Waals surface area contributed by atoms with E-state index in [1.54, 1.807) is 0 Å². The van der Waals surface area contributed by atoms with Gasteiger partial charge in [-0.25, -0.2) is 0 Å². The minimum absolute atomic E-state index is 0.308. The maximum atomic E-state index is 8.65. The van der Waals surface area contributed by atoms with E-state index in [1.165, 1.54) is 0 Å². The zero-order valence-corrected chi connectivity index (χ0v) is 6.16. The highest BCUT2D eigenvalue weighted by Crippen LogP contribution is 2.14. The first-order chi connectivity index (χ1) is 4.93. The third kappa shape index (κ3) is 2.36. The van der Waals surface area contributed by atoms with Crippen LogP contribution in [0.3, 0.4) is 0 Å². The van der Waals surface area contributed by atoms with Crippen LogP contribution in [0.25, 0.3) is 0 Å². The molecular weight excluding hydrogens is 124 g/mol. The van der Waals surface area contributed by atoms with E-state index in [9.17, 15) is 0 Å². The van der Waals surface area contributed by atoms with Crippen LogP contribution in [0.1, 0.15) is 19.3 Å². The lowest BCUT2D eigenvalue weighted by Gasteiger charge is -2.05. The van der Waals surface area contributed by atoms with Gasteiger partial charge in [0.25, 0.3) is 0 Å². The lowest BCUT2D eigenvalue weighted by Crippen LogP contribution is -1.96. The van der Waals surface area contributed by atoms with Gasteiger partial charge in [-0.05, 0) is 25.2 Å². The molecule has 56 valence electrons. The van der Waals surface area contributed by atoms with Crippen LogP contribution >= 0.6 is 0 Å². The normalized spacial score (nSPS) is 24.7. The second kappa shape index (κ2) is 4.29. The molecule has 1 nitrogen and oxygen atoms in total. The third-order valence-electron chi connectivity index (χ3n) is 1.79. The molecule has 1 unspecified atom stereocenters. The molecule has 0 saturated heterocycles. The minimum atomic E-state index is 0.308. The van der Waals surface area contributed by atoms with Crippen LogP contribution in [-0.2, 0) is 0 Å². The number of aliphatic hydroxyl groups is 1. The van der Waals surface area contributed by atoms with Crippen molar-refractivity contribution >= 4 is 0 Å². The number of rotatable bonds is 2. The Morgan fingerprint density at radius 1 is 1.30 bits per heavy atom. The molecule has 0 radical (unpaired) electrons. The molecule has 1 aliphatic rings. The molecule has 0 amide bonds. The van der Waals surface area contributed by atoms with Crippen molar-refractivity contribution in [2.45, 2.75) is 19.3 Å². The van der Waals surface area contributed by atoms with E-state index < -0.39 is 0 Å². The van der Waals surface area contributed by atoms with Crippen LogP contribution in [0, 0.1) is 5.92 Å². The van der Waals surface area contributed by atoms with Gasteiger partial charge in [-0.3, -0.25) is 0 Å². The summed E-state index contributed by atoms with van der Waals surface area (Å²) in [6.07, 6.45) is 11.8. The van der Waals surface area contributed by atoms with Crippen LogP contribution in [0.15, 0.2) is 24.3 Å². The van der Waals surface area contributed by atoms with Gasteiger partial charge in [-0.1, -0.05) is 24.3 Å². The van der Waals surface area contributed by atoms with E-state index in [2.05, 4.69) is 24.3 Å². The molecule has 0 heterocycles. The summed E-state index contributed by atoms with van der Waals surface area (Å²) in [5.74, 6) is 0.573. The maximum Gasteiger partial charge on any atom is 0.0436 e. The van der Waals surface area contributed by atoms with Gasteiger partial charge in [0.1, 0.15) is 0 Å². The van der Waals surface area contributed by atoms with E-state index in [1.807, 2.05) is 0 Å². The summed E-state index contributed by atoms with van der Waals surface area (Å²) in [4.78, 5) is 0. The van der Waals surface area contributed by atoms with Gasteiger partial charge in [-0.15, -0.1) is 0 Å². The van der Waals surface area contributed by atoms with E-state index in [4.69, 9.17) is 5.11 Å². The fourth-order valence-corrected chi connectivity index (χ4v) is 1.18. The lowest BCUT2D eigenvalue weighted by atomic mass is 10.0. The summed E-state index contributed by atoms with van der Waals surface area (Å²) in [6.45, 7) is 0.308. The molecule has 0 bridgehead atoms. The first kappa shape index (κ1) is 7.55. The molecule has 1 rings (SSSR count). The average molecular weight is 138 g/mol. The Morgan fingerprint density at radius 3 is 3.00 bits per heavy atom. The molecule has 0 fully saturated rings. The molecule has 0 aromatic heterocycles. The minimum Gasteiger partial charge on any atom is -0.396 e. The Kier molecular flexibility index (Phi) is 3.23. The van der Waals surface area contributed by atoms with Crippen LogP contribution in [0.5, 0.6) is 0 Å². The van der Waals surface area contributed by atoms with Gasteiger partial charge in [0.2, 0.25) is 0 Å². The predicted octanol–water partition coefficient (Wildman–Crippen LogP) is 1.89. The largest absolute Gasteiger partial charge is 0.396 e. The second-order valence-corrected chi connectivity index (χ2v) is 2.64. The van der Waals surface area contributed by atoms with E-state index >= 15 is 0 Å². The summed E-state index contributed by atoms with van der Waals surface area (Å²) in [5.41, 5.74) is 0. The fourth-order valence-electron chi connectivity index (χ4n) is 1.18. The Hall–Kier alpha value is -0.560. The predicted molar refractivity (Wildman–Crippen MR) is 42.7 cm³/mol. The Balaban J connectivity index is 2.36. The van der Waals surface area contributed by atoms with Gasteiger partial charge in [0.05, 0.1) is 0 Å². The van der Waals surface area contributed by atoms with Crippen molar-refractivity contribution in [3.05, 3.63) is 24.3 Å². The van der Waals surface area contributed by atoms with Crippen LogP contribution in [0.4, 0.5) is 0 Å². The van der Waals surface area contributed by atoms with Crippen LogP contribution < -0.4 is 0 Å². The summed E-state index contributed by atoms with van der Waals surface area (Å²) in [7, 11) is 0. The third-order valence-corrected chi connectivity index (χ3v) is 1.79. The molecule has 1 heteroatoms. The maximum absolute atomic E-state index is 8.65. The van der Waals surface area contributed by atoms with Crippen molar-refractivity contribution in [1.82, 2.24) is 0 Å². The van der Waals surface area contributed by atoms with Crippen molar-refractivity contribution in [3.8, 4) is 0 Å². The highest BCUT2D eigenvalue weighted by atomic mass is 16.3. The summed E-state index contributed by atoms with van der Waals surface area (Å²) < 4.78 is 0. The smallest absolute Gasteiger partial charge is 0.0436 e. The Bertz CT molecular complexity index is 136. The fraction of sp³-hybridized carbons (Fsp3) is 0.556. The first-order valence-corrected chi connectivity index (χ1v) is 3.86. The van der Waals surface area contributed by atoms with Crippen molar-refractivity contribution in [1.29, 1.82) is 0 Å². The van der Waals surface area contributed by atoms with Gasteiger partial charge in [0, 0.05) is 6.61 Å². The van der Waals surface area contributed by atoms with E-state index in [0.717, 1.165) is 19.3 Å². The topological polar surface area (TPSA) is 20.2 Å². The van der Waals surface area contributed by atoms with Gasteiger partial charge >= 0.3 is 0 Å². The molecule has 0 aliphatic heterocycles. The highest BCUT2D eigenvalue weighted by Gasteiger charge is 2.01. The van der Waals surface area contributed by atoms with Crippen molar-refractivity contribution in [3.63, 3.8) is 0 Å². The quantitative estimate of drug-likeness (QED) is 0.578. The van der Waals surface area contributed by atoms with Crippen LogP contribution in [0.2, 0.25) is 0 Å². The van der Waals surface area contributed by atoms with Crippen LogP contribution in [-0.4, -0.2) is 11.7 Å². The van der Waals surface area contributed by atoms with Gasteiger partial charge in [0.15, 0.2) is 0 Å². The van der Waals surface area contributed by atoms with Crippen molar-refractivity contribution in [2.24, 2.45) is 5.92 Å². The number of allylic oxidation sites excluding steroid dienone is 4. The molecule has 0 aromatic rings. The van der Waals surface area contributed by atoms with E-state index in [-0.39, 0.29) is 0 Å². The standard InChI is InChI=1S/C9H14O/c10-8-7-9-5-3-1-2-4-6-9/h1,3-4,6,9-10H,2,5,7-8H2. The van der Waals surface area contributed by atoms with Gasteiger partial charge in [-0.2, -0.15) is 0 Å². The first-order valence-electron chi connectivity index (χ1n) is 3.86. The van der Waals surface area contributed by atoms with E-state index in [0.29, 0.717) is 12.5 Å². The summed E-state index contributed by atoms with van der Waals surface area (Å²) >= 11 is 0. The zero-order chi connectivity index (χ0) is 7.23. The van der Waals surface area contributed by atoms with Gasteiger partial charge < -0.3 is 5.11 Å². The summed E-state index contributed by atoms with van der Waals surface area (Å²) in [6, 6.07) is 0. The number of hydrogen-bond donors (Lipinski definition) is 1. The van der Waals surface area contributed by atoms with Crippen molar-refractivity contribution in [2.75, 3.05) is 6.61 Å². The number of aliphatic hydroxyl groups excluding tert-OH is 1. The molecule has 10 heavy (non-hydrogen) atoms. The molecule has 0 spiro atoms.